The van der Waals surface area contributed by atoms with E-state index in [9.17, 15) is 23.1 Å². The Bertz CT molecular complexity index is 757. The zero-order valence-electron chi connectivity index (χ0n) is 12.8. The monoisotopic (exact) mass is 339 g/mol. The molecule has 3 rings (SSSR count). The fraction of sp³-hybridized carbons (Fsp3) is 0.375. The molecule has 2 heterocycles. The van der Waals surface area contributed by atoms with E-state index in [1.807, 2.05) is 0 Å². The van der Waals surface area contributed by atoms with Gasteiger partial charge < -0.3 is 10.0 Å². The van der Waals surface area contributed by atoms with E-state index in [4.69, 9.17) is 0 Å². The standard InChI is InChI=1S/C16H16F3N3O2/c1-9-13(7-20-21-9)15(24)22-8-12(23)6-14(22)10-3-2-4-11(5-10)16(17,18)19/h2-5,7,12,14,23H,6,8H2,1H3,(H,20,21)/t12-,14+/m1/s1. The average Bonchev–Trinajstić information content (AvgIpc) is 3.12. The van der Waals surface area contributed by atoms with Crippen molar-refractivity contribution in [1.82, 2.24) is 15.1 Å². The number of carbonyl (C=O) groups is 1. The van der Waals surface area contributed by atoms with E-state index in [1.54, 1.807) is 13.0 Å². The summed E-state index contributed by atoms with van der Waals surface area (Å²) in [6.45, 7) is 1.76. The number of aryl methyl sites for hydroxylation is 1. The highest BCUT2D eigenvalue weighted by molar-refractivity contribution is 5.95. The van der Waals surface area contributed by atoms with Gasteiger partial charge in [-0.05, 0) is 31.0 Å². The molecule has 1 aromatic heterocycles. The van der Waals surface area contributed by atoms with Crippen LogP contribution in [0.4, 0.5) is 13.2 Å². The third-order valence-electron chi connectivity index (χ3n) is 4.20. The molecule has 1 aliphatic heterocycles. The maximum absolute atomic E-state index is 12.9. The summed E-state index contributed by atoms with van der Waals surface area (Å²) in [5, 5.41) is 16.4. The van der Waals surface area contributed by atoms with Crippen LogP contribution in [0.5, 0.6) is 0 Å². The van der Waals surface area contributed by atoms with Gasteiger partial charge in [-0.1, -0.05) is 12.1 Å². The summed E-state index contributed by atoms with van der Waals surface area (Å²) in [6, 6.07) is 4.27. The number of β-amino-alcohol motifs (C(OH)–C–C–N with tert-alkyl or cyclic N) is 1. The fourth-order valence-corrected chi connectivity index (χ4v) is 3.00. The van der Waals surface area contributed by atoms with Gasteiger partial charge in [0.1, 0.15) is 0 Å². The number of halogens is 3. The van der Waals surface area contributed by atoms with Gasteiger partial charge in [-0.15, -0.1) is 0 Å². The smallest absolute Gasteiger partial charge is 0.391 e. The number of nitrogens with zero attached hydrogens (tertiary/aromatic N) is 2. The number of likely N-dealkylation sites (tertiary alicyclic amines) is 1. The lowest BCUT2D eigenvalue weighted by Crippen LogP contribution is -2.32. The average molecular weight is 339 g/mol. The van der Waals surface area contributed by atoms with Crippen LogP contribution in [0.3, 0.4) is 0 Å². The van der Waals surface area contributed by atoms with Crippen molar-refractivity contribution >= 4 is 5.91 Å². The van der Waals surface area contributed by atoms with Crippen LogP contribution in [0.2, 0.25) is 0 Å². The van der Waals surface area contributed by atoms with Crippen LogP contribution in [-0.2, 0) is 6.18 Å². The van der Waals surface area contributed by atoms with Gasteiger partial charge in [0, 0.05) is 12.2 Å². The van der Waals surface area contributed by atoms with Gasteiger partial charge >= 0.3 is 6.18 Å². The molecule has 0 spiro atoms. The summed E-state index contributed by atoms with van der Waals surface area (Å²) in [7, 11) is 0. The lowest BCUT2D eigenvalue weighted by Gasteiger charge is -2.25. The quantitative estimate of drug-likeness (QED) is 0.884. The zero-order valence-corrected chi connectivity index (χ0v) is 12.8. The number of rotatable bonds is 2. The highest BCUT2D eigenvalue weighted by atomic mass is 19.4. The summed E-state index contributed by atoms with van der Waals surface area (Å²) in [5.74, 6) is -0.361. The van der Waals surface area contributed by atoms with E-state index in [0.29, 0.717) is 16.8 Å². The molecule has 5 nitrogen and oxygen atoms in total. The first-order valence-electron chi connectivity index (χ1n) is 7.43. The van der Waals surface area contributed by atoms with Crippen molar-refractivity contribution in [3.63, 3.8) is 0 Å². The highest BCUT2D eigenvalue weighted by Gasteiger charge is 2.38. The largest absolute Gasteiger partial charge is 0.416 e. The fourth-order valence-electron chi connectivity index (χ4n) is 3.00. The summed E-state index contributed by atoms with van der Waals surface area (Å²) in [5.41, 5.74) is 0.509. The normalized spacial score (nSPS) is 21.3. The third-order valence-corrected chi connectivity index (χ3v) is 4.20. The van der Waals surface area contributed by atoms with Crippen LogP contribution in [0.15, 0.2) is 30.5 Å². The molecule has 0 bridgehead atoms. The number of aromatic nitrogens is 2. The molecule has 1 aromatic carbocycles. The molecule has 24 heavy (non-hydrogen) atoms. The van der Waals surface area contributed by atoms with Crippen LogP contribution in [0.1, 0.15) is 39.6 Å². The van der Waals surface area contributed by atoms with Crippen molar-refractivity contribution in [3.8, 4) is 0 Å². The minimum atomic E-state index is -4.46. The summed E-state index contributed by atoms with van der Waals surface area (Å²) < 4.78 is 38.8. The Kier molecular flexibility index (Phi) is 4.08. The summed E-state index contributed by atoms with van der Waals surface area (Å²) >= 11 is 0. The van der Waals surface area contributed by atoms with Gasteiger partial charge in [0.05, 0.1) is 29.5 Å². The first-order valence-corrected chi connectivity index (χ1v) is 7.43. The molecule has 128 valence electrons. The van der Waals surface area contributed by atoms with Crippen molar-refractivity contribution in [2.24, 2.45) is 0 Å². The van der Waals surface area contributed by atoms with Gasteiger partial charge in [0.2, 0.25) is 0 Å². The second-order valence-corrected chi connectivity index (χ2v) is 5.89. The lowest BCUT2D eigenvalue weighted by molar-refractivity contribution is -0.137. The molecule has 2 N–H and O–H groups in total. The number of hydrogen-bond acceptors (Lipinski definition) is 3. The number of aliphatic hydroxyl groups is 1. The van der Waals surface area contributed by atoms with Gasteiger partial charge in [-0.2, -0.15) is 18.3 Å². The van der Waals surface area contributed by atoms with Crippen molar-refractivity contribution in [2.45, 2.75) is 31.7 Å². The molecule has 2 aromatic rings. The Labute approximate surface area is 136 Å². The minimum absolute atomic E-state index is 0.0738. The van der Waals surface area contributed by atoms with Gasteiger partial charge in [0.15, 0.2) is 0 Å². The number of amides is 1. The number of aliphatic hydroxyl groups excluding tert-OH is 1. The zero-order chi connectivity index (χ0) is 17.5. The van der Waals surface area contributed by atoms with E-state index >= 15 is 0 Å². The van der Waals surface area contributed by atoms with Crippen LogP contribution < -0.4 is 0 Å². The summed E-state index contributed by atoms with van der Waals surface area (Å²) in [6.07, 6.45) is -3.65. The molecule has 0 aliphatic carbocycles. The topological polar surface area (TPSA) is 69.2 Å². The van der Waals surface area contributed by atoms with Crippen LogP contribution >= 0.6 is 0 Å². The molecule has 2 atom stereocenters. The molecule has 0 unspecified atom stereocenters. The Balaban J connectivity index is 1.94. The maximum atomic E-state index is 12.9. The number of aromatic amines is 1. The third kappa shape index (κ3) is 3.01. The SMILES string of the molecule is Cc1[nH]ncc1C(=O)N1C[C@H](O)C[C@H]1c1cccc(C(F)(F)F)c1. The van der Waals surface area contributed by atoms with E-state index < -0.39 is 23.9 Å². The first-order chi connectivity index (χ1) is 11.3. The second kappa shape index (κ2) is 5.94. The molecule has 0 saturated carbocycles. The number of H-pyrrole nitrogens is 1. The van der Waals surface area contributed by atoms with Crippen molar-refractivity contribution in [2.75, 3.05) is 6.54 Å². The number of alkyl halides is 3. The number of nitrogens with one attached hydrogen (secondary N) is 1. The Morgan fingerprint density at radius 2 is 2.17 bits per heavy atom. The first kappa shape index (κ1) is 16.5. The highest BCUT2D eigenvalue weighted by Crippen LogP contribution is 2.37. The Hall–Kier alpha value is -2.35. The molecule has 1 aliphatic rings. The van der Waals surface area contributed by atoms with E-state index in [2.05, 4.69) is 10.2 Å². The molecule has 1 fully saturated rings. The molecule has 1 saturated heterocycles. The van der Waals surface area contributed by atoms with Gasteiger partial charge in [-0.25, -0.2) is 0 Å². The second-order valence-electron chi connectivity index (χ2n) is 5.89. The molecular weight excluding hydrogens is 323 g/mol. The van der Waals surface area contributed by atoms with Crippen LogP contribution in [0, 0.1) is 6.92 Å². The van der Waals surface area contributed by atoms with Crippen molar-refractivity contribution in [1.29, 1.82) is 0 Å². The Morgan fingerprint density at radius 1 is 1.42 bits per heavy atom. The van der Waals surface area contributed by atoms with Gasteiger partial charge in [-0.3, -0.25) is 9.89 Å². The predicted octanol–water partition coefficient (Wildman–Crippen LogP) is 2.69. The molecule has 0 radical (unpaired) electrons. The van der Waals surface area contributed by atoms with Crippen molar-refractivity contribution in [3.05, 3.63) is 52.8 Å². The van der Waals surface area contributed by atoms with Crippen LogP contribution in [0.25, 0.3) is 0 Å². The van der Waals surface area contributed by atoms with Gasteiger partial charge in [0.25, 0.3) is 5.91 Å². The van der Waals surface area contributed by atoms with Crippen molar-refractivity contribution < 1.29 is 23.1 Å². The Morgan fingerprint density at radius 3 is 2.79 bits per heavy atom. The summed E-state index contributed by atoms with van der Waals surface area (Å²) in [4.78, 5) is 14.1. The number of hydrogen-bond donors (Lipinski definition) is 2. The maximum Gasteiger partial charge on any atom is 0.416 e. The van der Waals surface area contributed by atoms with E-state index in [0.717, 1.165) is 12.1 Å². The molecule has 8 heteroatoms. The van der Waals surface area contributed by atoms with Crippen LogP contribution in [-0.4, -0.2) is 38.8 Å². The molecule has 1 amide bonds. The minimum Gasteiger partial charge on any atom is -0.391 e. The lowest BCUT2D eigenvalue weighted by atomic mass is 10.0. The van der Waals surface area contributed by atoms with E-state index in [-0.39, 0.29) is 18.9 Å². The predicted molar refractivity (Wildman–Crippen MR) is 79.2 cm³/mol. The molecular formula is C16H16F3N3O2. The number of benzene rings is 1. The van der Waals surface area contributed by atoms with E-state index in [1.165, 1.54) is 17.2 Å². The number of carbonyl (C=O) groups excluding carboxylic acids is 1.